The number of carbonyl (C=O) groups is 1. The lowest BCUT2D eigenvalue weighted by Gasteiger charge is -2.60. The third kappa shape index (κ3) is 2.00. The number of likely N-dealkylation sites (N-methyl/N-ethyl adjacent to an activating group) is 1. The van der Waals surface area contributed by atoms with Gasteiger partial charge in [0.15, 0.2) is 0 Å². The SMILES string of the molecule is CCN1c2ccccc2[C@@]23CCN4CCC[C@@](CC)(C[C@H](C(=O)OC)[C@H]12)[C@H]43. The number of anilines is 1. The summed E-state index contributed by atoms with van der Waals surface area (Å²) in [5.41, 5.74) is 3.16. The Morgan fingerprint density at radius 2 is 2.04 bits per heavy atom. The van der Waals surface area contributed by atoms with E-state index in [9.17, 15) is 4.79 Å². The Morgan fingerprint density at radius 1 is 1.22 bits per heavy atom. The van der Waals surface area contributed by atoms with Crippen molar-refractivity contribution in [1.82, 2.24) is 4.90 Å². The highest BCUT2D eigenvalue weighted by Crippen LogP contribution is 2.66. The Balaban J connectivity index is 1.77. The molecule has 5 atom stereocenters. The molecule has 0 aromatic heterocycles. The Hall–Kier alpha value is -1.55. The Morgan fingerprint density at radius 3 is 2.78 bits per heavy atom. The molecule has 4 heteroatoms. The van der Waals surface area contributed by atoms with Crippen molar-refractivity contribution in [2.45, 2.75) is 63.5 Å². The van der Waals surface area contributed by atoms with Gasteiger partial charge in [-0.2, -0.15) is 0 Å². The zero-order chi connectivity index (χ0) is 18.8. The molecule has 1 aromatic carbocycles. The molecule has 0 amide bonds. The third-order valence-corrected chi connectivity index (χ3v) is 8.50. The third-order valence-electron chi connectivity index (χ3n) is 8.50. The number of carbonyl (C=O) groups excluding carboxylic acids is 1. The quantitative estimate of drug-likeness (QED) is 0.764. The van der Waals surface area contributed by atoms with Crippen molar-refractivity contribution >= 4 is 11.7 Å². The van der Waals surface area contributed by atoms with Gasteiger partial charge in [-0.3, -0.25) is 9.69 Å². The molecule has 0 radical (unpaired) electrons. The Labute approximate surface area is 162 Å². The number of para-hydroxylation sites is 1. The van der Waals surface area contributed by atoms with E-state index < -0.39 is 0 Å². The second kappa shape index (κ2) is 5.97. The molecule has 146 valence electrons. The predicted octanol–water partition coefficient (Wildman–Crippen LogP) is 3.59. The fraction of sp³-hybridized carbons (Fsp3) is 0.696. The van der Waals surface area contributed by atoms with Gasteiger partial charge in [-0.25, -0.2) is 0 Å². The van der Waals surface area contributed by atoms with Crippen LogP contribution >= 0.6 is 0 Å². The summed E-state index contributed by atoms with van der Waals surface area (Å²) in [5.74, 6) is -0.0301. The summed E-state index contributed by atoms with van der Waals surface area (Å²) >= 11 is 0. The van der Waals surface area contributed by atoms with Gasteiger partial charge >= 0.3 is 5.97 Å². The Bertz CT molecular complexity index is 765. The van der Waals surface area contributed by atoms with Gasteiger partial charge in [0.05, 0.1) is 19.1 Å². The summed E-state index contributed by atoms with van der Waals surface area (Å²) in [7, 11) is 1.57. The second-order valence-electron chi connectivity index (χ2n) is 9.13. The highest BCUT2D eigenvalue weighted by Gasteiger charge is 2.71. The van der Waals surface area contributed by atoms with Gasteiger partial charge in [-0.1, -0.05) is 25.1 Å². The van der Waals surface area contributed by atoms with Gasteiger partial charge in [0.2, 0.25) is 0 Å². The van der Waals surface area contributed by atoms with Gasteiger partial charge in [0.1, 0.15) is 0 Å². The first-order valence-corrected chi connectivity index (χ1v) is 10.8. The molecule has 0 unspecified atom stereocenters. The molecule has 3 aliphatic heterocycles. The standard InChI is InChI=1S/C23H32N2O2/c1-4-22-11-8-13-24-14-12-23(21(22)24)17-9-6-7-10-18(17)25(5-2)19(23)16(15-22)20(26)27-3/h6-7,9-10,16,19,21H,4-5,8,11-15H2,1-3H3/t16-,19-,21-,22-,23-/m0/s1. The molecule has 4 nitrogen and oxygen atoms in total. The number of piperidine rings is 1. The first kappa shape index (κ1) is 17.5. The van der Waals surface area contributed by atoms with E-state index in [2.05, 4.69) is 47.9 Å². The molecule has 1 aromatic rings. The molecule has 3 heterocycles. The smallest absolute Gasteiger partial charge is 0.310 e. The van der Waals surface area contributed by atoms with Gasteiger partial charge in [-0.05, 0) is 69.2 Å². The maximum absolute atomic E-state index is 13.1. The average molecular weight is 369 g/mol. The minimum absolute atomic E-state index is 0.000861. The topological polar surface area (TPSA) is 32.8 Å². The zero-order valence-corrected chi connectivity index (χ0v) is 16.9. The number of nitrogens with zero attached hydrogens (tertiary/aromatic N) is 2. The molecule has 0 bridgehead atoms. The van der Waals surface area contributed by atoms with E-state index in [1.807, 2.05) is 0 Å². The first-order valence-electron chi connectivity index (χ1n) is 10.8. The fourth-order valence-corrected chi connectivity index (χ4v) is 7.75. The zero-order valence-electron chi connectivity index (χ0n) is 16.9. The molecule has 1 aliphatic carbocycles. The highest BCUT2D eigenvalue weighted by atomic mass is 16.5. The molecule has 4 aliphatic rings. The lowest BCUT2D eigenvalue weighted by atomic mass is 9.49. The van der Waals surface area contributed by atoms with E-state index in [1.165, 1.54) is 43.6 Å². The monoisotopic (exact) mass is 368 g/mol. The van der Waals surface area contributed by atoms with E-state index in [4.69, 9.17) is 4.74 Å². The van der Waals surface area contributed by atoms with E-state index in [0.29, 0.717) is 6.04 Å². The first-order chi connectivity index (χ1) is 13.1. The van der Waals surface area contributed by atoms with E-state index in [-0.39, 0.29) is 28.8 Å². The van der Waals surface area contributed by atoms with E-state index in [0.717, 1.165) is 19.4 Å². The number of rotatable bonds is 3. The van der Waals surface area contributed by atoms with Gasteiger partial charge in [0, 0.05) is 23.7 Å². The molecule has 27 heavy (non-hydrogen) atoms. The van der Waals surface area contributed by atoms with Crippen molar-refractivity contribution in [3.05, 3.63) is 29.8 Å². The van der Waals surface area contributed by atoms with Crippen molar-refractivity contribution in [3.8, 4) is 0 Å². The van der Waals surface area contributed by atoms with E-state index in [1.54, 1.807) is 7.11 Å². The molecule has 0 N–H and O–H groups in total. The number of hydrogen-bond donors (Lipinski definition) is 0. The van der Waals surface area contributed by atoms with Crippen LogP contribution in [0.2, 0.25) is 0 Å². The lowest BCUT2D eigenvalue weighted by molar-refractivity contribution is -0.154. The summed E-state index contributed by atoms with van der Waals surface area (Å²) in [6.07, 6.45) is 5.82. The predicted molar refractivity (Wildman–Crippen MR) is 107 cm³/mol. The van der Waals surface area contributed by atoms with Gasteiger partial charge < -0.3 is 9.64 Å². The van der Waals surface area contributed by atoms with Crippen LogP contribution in [0.1, 0.15) is 51.5 Å². The molecule has 1 saturated carbocycles. The molecule has 2 saturated heterocycles. The van der Waals surface area contributed by atoms with Gasteiger partial charge in [-0.15, -0.1) is 0 Å². The average Bonchev–Trinajstić information content (AvgIpc) is 3.25. The fourth-order valence-electron chi connectivity index (χ4n) is 7.75. The van der Waals surface area contributed by atoms with Gasteiger partial charge in [0.25, 0.3) is 0 Å². The molecular weight excluding hydrogens is 336 g/mol. The van der Waals surface area contributed by atoms with Crippen LogP contribution in [-0.4, -0.2) is 49.7 Å². The number of fused-ring (bicyclic) bond motifs is 1. The number of hydrogen-bond acceptors (Lipinski definition) is 4. The summed E-state index contributed by atoms with van der Waals surface area (Å²) < 4.78 is 5.38. The van der Waals surface area contributed by atoms with Crippen molar-refractivity contribution in [1.29, 1.82) is 0 Å². The summed E-state index contributed by atoms with van der Waals surface area (Å²) in [6.45, 7) is 7.92. The number of benzene rings is 1. The number of methoxy groups -OCH3 is 1. The van der Waals surface area contributed by atoms with Crippen LogP contribution in [-0.2, 0) is 14.9 Å². The van der Waals surface area contributed by atoms with Crippen LogP contribution in [0.3, 0.4) is 0 Å². The second-order valence-corrected chi connectivity index (χ2v) is 9.13. The van der Waals surface area contributed by atoms with Crippen molar-refractivity contribution in [3.63, 3.8) is 0 Å². The molecule has 1 spiro atoms. The highest BCUT2D eigenvalue weighted by molar-refractivity contribution is 5.78. The summed E-state index contributed by atoms with van der Waals surface area (Å²) in [5, 5.41) is 0. The van der Waals surface area contributed by atoms with Crippen LogP contribution < -0.4 is 4.90 Å². The van der Waals surface area contributed by atoms with Crippen LogP contribution in [0, 0.1) is 11.3 Å². The minimum Gasteiger partial charge on any atom is -0.469 e. The largest absolute Gasteiger partial charge is 0.469 e. The number of esters is 1. The minimum atomic E-state index is -0.0309. The molecule has 3 fully saturated rings. The maximum Gasteiger partial charge on any atom is 0.310 e. The summed E-state index contributed by atoms with van der Waals surface area (Å²) in [4.78, 5) is 18.4. The summed E-state index contributed by atoms with van der Waals surface area (Å²) in [6, 6.07) is 9.79. The van der Waals surface area contributed by atoms with Crippen molar-refractivity contribution in [2.75, 3.05) is 31.6 Å². The molecular formula is C23H32N2O2. The normalized spacial score (nSPS) is 39.7. The molecule has 5 rings (SSSR count). The number of ether oxygens (including phenoxy) is 1. The lowest BCUT2D eigenvalue weighted by Crippen LogP contribution is -2.68. The van der Waals surface area contributed by atoms with Crippen molar-refractivity contribution in [2.24, 2.45) is 11.3 Å². The van der Waals surface area contributed by atoms with Crippen LogP contribution in [0.5, 0.6) is 0 Å². The van der Waals surface area contributed by atoms with Crippen LogP contribution in [0.25, 0.3) is 0 Å². The van der Waals surface area contributed by atoms with E-state index >= 15 is 0 Å². The Kier molecular flexibility index (Phi) is 3.88. The van der Waals surface area contributed by atoms with Crippen LogP contribution in [0.15, 0.2) is 24.3 Å². The maximum atomic E-state index is 13.1. The van der Waals surface area contributed by atoms with Crippen molar-refractivity contribution < 1.29 is 9.53 Å². The van der Waals surface area contributed by atoms with Crippen LogP contribution in [0.4, 0.5) is 5.69 Å².